The summed E-state index contributed by atoms with van der Waals surface area (Å²) < 4.78 is 0. The van der Waals surface area contributed by atoms with E-state index in [9.17, 15) is 4.79 Å². The Hall–Kier alpha value is -1.61. The molecular formula is C20H27IN4OS. The maximum atomic E-state index is 12.6. The average Bonchev–Trinajstić information content (AvgIpc) is 3.31. The summed E-state index contributed by atoms with van der Waals surface area (Å²) in [5.74, 6) is 0.714. The lowest BCUT2D eigenvalue weighted by Crippen LogP contribution is -2.47. The fourth-order valence-corrected chi connectivity index (χ4v) is 3.98. The Kier molecular flexibility index (Phi) is 7.67. The van der Waals surface area contributed by atoms with Gasteiger partial charge in [-0.15, -0.1) is 35.3 Å². The van der Waals surface area contributed by atoms with Crippen molar-refractivity contribution in [3.8, 4) is 0 Å². The molecule has 146 valence electrons. The molecule has 0 saturated carbocycles. The first kappa shape index (κ1) is 21.7. The van der Waals surface area contributed by atoms with Crippen LogP contribution in [0, 0.1) is 0 Å². The number of carbonyl (C=O) groups excluding carboxylic acids is 1. The van der Waals surface area contributed by atoms with E-state index in [0.29, 0.717) is 5.96 Å². The number of rotatable bonds is 5. The van der Waals surface area contributed by atoms with Gasteiger partial charge in [-0.2, -0.15) is 0 Å². The second kappa shape index (κ2) is 9.54. The standard InChI is InChI=1S/C20H26N4OS.HI/c1-20(2,17-9-6-12-26-17)14-23-19(21-3)22-13-18(25)24-11-10-15-7-4-5-8-16(15)24;/h4-9,12H,10-11,13-14H2,1-3H3,(H2,21,22,23);1H. The highest BCUT2D eigenvalue weighted by Gasteiger charge is 2.25. The van der Waals surface area contributed by atoms with Crippen LogP contribution in [0.5, 0.6) is 0 Å². The summed E-state index contributed by atoms with van der Waals surface area (Å²) >= 11 is 1.76. The number of guanidine groups is 1. The molecule has 0 fully saturated rings. The van der Waals surface area contributed by atoms with Crippen molar-refractivity contribution in [2.45, 2.75) is 25.7 Å². The lowest BCUT2D eigenvalue weighted by molar-refractivity contribution is -0.117. The number of nitrogens with zero attached hydrogens (tertiary/aromatic N) is 2. The molecule has 1 aromatic carbocycles. The number of benzene rings is 1. The molecule has 2 aromatic rings. The van der Waals surface area contributed by atoms with E-state index in [4.69, 9.17) is 0 Å². The first-order valence-electron chi connectivity index (χ1n) is 8.88. The first-order chi connectivity index (χ1) is 12.5. The molecule has 1 aliphatic heterocycles. The molecule has 7 heteroatoms. The molecule has 1 aliphatic rings. The molecule has 0 saturated heterocycles. The van der Waals surface area contributed by atoms with Gasteiger partial charge in [-0.25, -0.2) is 0 Å². The van der Waals surface area contributed by atoms with Crippen molar-refractivity contribution < 1.29 is 4.79 Å². The highest BCUT2D eigenvalue weighted by atomic mass is 127. The van der Waals surface area contributed by atoms with E-state index in [2.05, 4.69) is 53.1 Å². The number of halogens is 1. The largest absolute Gasteiger partial charge is 0.356 e. The van der Waals surface area contributed by atoms with Gasteiger partial charge >= 0.3 is 0 Å². The zero-order chi connectivity index (χ0) is 18.6. The molecule has 5 nitrogen and oxygen atoms in total. The quantitative estimate of drug-likeness (QED) is 0.378. The third-order valence-electron chi connectivity index (χ3n) is 4.70. The number of fused-ring (bicyclic) bond motifs is 1. The van der Waals surface area contributed by atoms with Crippen molar-refractivity contribution >= 4 is 52.9 Å². The maximum Gasteiger partial charge on any atom is 0.246 e. The minimum atomic E-state index is 0. The third-order valence-corrected chi connectivity index (χ3v) is 5.94. The molecule has 1 amide bonds. The van der Waals surface area contributed by atoms with E-state index < -0.39 is 0 Å². The second-order valence-corrected chi connectivity index (χ2v) is 8.01. The Labute approximate surface area is 182 Å². The smallest absolute Gasteiger partial charge is 0.246 e. The van der Waals surface area contributed by atoms with Gasteiger partial charge in [-0.1, -0.05) is 38.1 Å². The van der Waals surface area contributed by atoms with Gasteiger partial charge in [-0.3, -0.25) is 9.79 Å². The van der Waals surface area contributed by atoms with Gasteiger partial charge in [0.1, 0.15) is 0 Å². The van der Waals surface area contributed by atoms with Crippen molar-refractivity contribution in [2.24, 2.45) is 4.99 Å². The van der Waals surface area contributed by atoms with E-state index in [1.54, 1.807) is 18.4 Å². The average molecular weight is 498 g/mol. The number of hydrogen-bond acceptors (Lipinski definition) is 3. The zero-order valence-corrected chi connectivity index (χ0v) is 19.1. The number of amides is 1. The molecule has 0 unspecified atom stereocenters. The van der Waals surface area contributed by atoms with Gasteiger partial charge in [0.2, 0.25) is 5.91 Å². The Balaban J connectivity index is 0.00000261. The monoisotopic (exact) mass is 498 g/mol. The van der Waals surface area contributed by atoms with Crippen LogP contribution < -0.4 is 15.5 Å². The first-order valence-corrected chi connectivity index (χ1v) is 9.76. The summed E-state index contributed by atoms with van der Waals surface area (Å²) in [6.45, 7) is 6.12. The molecule has 0 radical (unpaired) electrons. The van der Waals surface area contributed by atoms with Crippen LogP contribution in [-0.4, -0.2) is 38.5 Å². The number of para-hydroxylation sites is 1. The molecule has 0 aliphatic carbocycles. The van der Waals surface area contributed by atoms with Gasteiger partial charge in [0, 0.05) is 36.1 Å². The van der Waals surface area contributed by atoms with Crippen molar-refractivity contribution in [1.29, 1.82) is 0 Å². The van der Waals surface area contributed by atoms with Gasteiger partial charge in [0.15, 0.2) is 5.96 Å². The summed E-state index contributed by atoms with van der Waals surface area (Å²) in [7, 11) is 1.73. The Morgan fingerprint density at radius 1 is 1.22 bits per heavy atom. The van der Waals surface area contributed by atoms with E-state index >= 15 is 0 Å². The van der Waals surface area contributed by atoms with E-state index in [0.717, 1.165) is 25.2 Å². The number of anilines is 1. The van der Waals surface area contributed by atoms with E-state index in [1.165, 1.54) is 10.4 Å². The third kappa shape index (κ3) is 5.22. The Morgan fingerprint density at radius 2 is 2.00 bits per heavy atom. The summed E-state index contributed by atoms with van der Waals surface area (Å²) in [4.78, 5) is 20.0. The van der Waals surface area contributed by atoms with Gasteiger partial charge in [-0.05, 0) is 29.5 Å². The van der Waals surface area contributed by atoms with Gasteiger partial charge in [0.25, 0.3) is 0 Å². The summed E-state index contributed by atoms with van der Waals surface area (Å²) in [5, 5.41) is 8.58. The van der Waals surface area contributed by atoms with Crippen LogP contribution in [0.3, 0.4) is 0 Å². The SMILES string of the molecule is CN=C(NCC(=O)N1CCc2ccccc21)NCC(C)(C)c1cccs1.I. The molecule has 0 bridgehead atoms. The summed E-state index contributed by atoms with van der Waals surface area (Å²) in [6, 6.07) is 12.3. The van der Waals surface area contributed by atoms with E-state index in [-0.39, 0.29) is 41.8 Å². The van der Waals surface area contributed by atoms with Crippen LogP contribution in [-0.2, 0) is 16.6 Å². The van der Waals surface area contributed by atoms with Crippen molar-refractivity contribution in [3.05, 3.63) is 52.2 Å². The molecular weight excluding hydrogens is 471 g/mol. The number of nitrogens with one attached hydrogen (secondary N) is 2. The van der Waals surface area contributed by atoms with Crippen LogP contribution in [0.4, 0.5) is 5.69 Å². The van der Waals surface area contributed by atoms with Crippen LogP contribution in [0.25, 0.3) is 0 Å². The highest BCUT2D eigenvalue weighted by Crippen LogP contribution is 2.27. The number of aliphatic imine (C=N–C) groups is 1. The fourth-order valence-electron chi connectivity index (χ4n) is 3.13. The fraction of sp³-hybridized carbons (Fsp3) is 0.400. The van der Waals surface area contributed by atoms with Crippen LogP contribution in [0.1, 0.15) is 24.3 Å². The second-order valence-electron chi connectivity index (χ2n) is 7.06. The van der Waals surface area contributed by atoms with Crippen molar-refractivity contribution in [1.82, 2.24) is 10.6 Å². The lowest BCUT2D eigenvalue weighted by Gasteiger charge is -2.25. The van der Waals surface area contributed by atoms with Crippen molar-refractivity contribution in [2.75, 3.05) is 31.6 Å². The predicted octanol–water partition coefficient (Wildman–Crippen LogP) is 3.40. The molecule has 2 heterocycles. The van der Waals surface area contributed by atoms with Crippen LogP contribution in [0.15, 0.2) is 46.8 Å². The van der Waals surface area contributed by atoms with Gasteiger partial charge < -0.3 is 15.5 Å². The Bertz CT molecular complexity index is 789. The Morgan fingerprint density at radius 3 is 2.70 bits per heavy atom. The molecule has 1 aromatic heterocycles. The topological polar surface area (TPSA) is 56.7 Å². The van der Waals surface area contributed by atoms with Crippen LogP contribution in [0.2, 0.25) is 0 Å². The number of hydrogen-bond donors (Lipinski definition) is 2. The number of thiophene rings is 1. The minimum Gasteiger partial charge on any atom is -0.356 e. The summed E-state index contributed by atoms with van der Waals surface area (Å²) in [5.41, 5.74) is 2.27. The van der Waals surface area contributed by atoms with Gasteiger partial charge in [0.05, 0.1) is 6.54 Å². The molecule has 0 spiro atoms. The predicted molar refractivity (Wildman–Crippen MR) is 125 cm³/mol. The molecule has 27 heavy (non-hydrogen) atoms. The number of carbonyl (C=O) groups is 1. The zero-order valence-electron chi connectivity index (χ0n) is 16.0. The van der Waals surface area contributed by atoms with Crippen LogP contribution >= 0.6 is 35.3 Å². The maximum absolute atomic E-state index is 12.6. The molecule has 3 rings (SSSR count). The summed E-state index contributed by atoms with van der Waals surface area (Å²) in [6.07, 6.45) is 0.921. The van der Waals surface area contributed by atoms with E-state index in [1.807, 2.05) is 23.1 Å². The highest BCUT2D eigenvalue weighted by molar-refractivity contribution is 14.0. The lowest BCUT2D eigenvalue weighted by atomic mass is 9.91. The normalized spacial score (nSPS) is 13.7. The minimum absolute atomic E-state index is 0. The van der Waals surface area contributed by atoms with Crippen molar-refractivity contribution in [3.63, 3.8) is 0 Å². The molecule has 0 atom stereocenters. The molecule has 2 N–H and O–H groups in total.